The molecule has 1 aliphatic rings. The van der Waals surface area contributed by atoms with Gasteiger partial charge in [0.2, 0.25) is 5.95 Å². The first-order valence-electron chi connectivity index (χ1n) is 15.3. The second-order valence-electron chi connectivity index (χ2n) is 13.4. The molecule has 2 N–H and O–H groups in total. The summed E-state index contributed by atoms with van der Waals surface area (Å²) in [6.07, 6.45) is 6.37. The average Bonchev–Trinajstić information content (AvgIpc) is 3.66. The summed E-state index contributed by atoms with van der Waals surface area (Å²) in [5.74, 6) is 0.315. The van der Waals surface area contributed by atoms with Crippen LogP contribution in [0, 0.1) is 6.92 Å². The largest absolute Gasteiger partial charge is 0.444 e. The van der Waals surface area contributed by atoms with Crippen molar-refractivity contribution in [2.75, 3.05) is 25.0 Å². The lowest BCUT2D eigenvalue weighted by Gasteiger charge is -2.34. The minimum absolute atomic E-state index is 0.0905. The van der Waals surface area contributed by atoms with Crippen LogP contribution in [-0.4, -0.2) is 73.0 Å². The van der Waals surface area contributed by atoms with E-state index < -0.39 is 5.60 Å². The Labute approximate surface area is 273 Å². The molecule has 1 aliphatic heterocycles. The van der Waals surface area contributed by atoms with Crippen molar-refractivity contribution in [1.82, 2.24) is 34.9 Å². The Hall–Kier alpha value is -4.36. The number of hydrogen-bond donors (Lipinski definition) is 2. The average molecular weight is 647 g/mol. The van der Waals surface area contributed by atoms with Crippen molar-refractivity contribution >= 4 is 35.0 Å². The van der Waals surface area contributed by atoms with Crippen LogP contribution in [0.15, 0.2) is 49.1 Å². The summed E-state index contributed by atoms with van der Waals surface area (Å²) in [5, 5.41) is 11.6. The summed E-state index contributed by atoms with van der Waals surface area (Å²) in [5.41, 5.74) is 3.86. The predicted octanol–water partition coefficient (Wildman–Crippen LogP) is 5.71. The van der Waals surface area contributed by atoms with Gasteiger partial charge in [-0.1, -0.05) is 32.9 Å². The molecule has 1 atom stereocenters. The molecule has 2 amide bonds. The maximum Gasteiger partial charge on any atom is 0.410 e. The zero-order valence-corrected chi connectivity index (χ0v) is 28.3. The topological polar surface area (TPSA) is 136 Å². The fourth-order valence-corrected chi connectivity index (χ4v) is 5.70. The van der Waals surface area contributed by atoms with Gasteiger partial charge >= 0.3 is 6.09 Å². The van der Waals surface area contributed by atoms with E-state index in [2.05, 4.69) is 52.5 Å². The van der Waals surface area contributed by atoms with Gasteiger partial charge in [-0.25, -0.2) is 19.7 Å². The molecule has 1 saturated heterocycles. The van der Waals surface area contributed by atoms with Crippen LogP contribution < -0.4 is 10.6 Å². The Kier molecular flexibility index (Phi) is 9.73. The number of rotatable bonds is 8. The number of ether oxygens (including phenoxy) is 2. The third-order valence-electron chi connectivity index (χ3n) is 7.17. The van der Waals surface area contributed by atoms with Crippen molar-refractivity contribution in [3.05, 3.63) is 70.1 Å². The second-order valence-corrected chi connectivity index (χ2v) is 14.4. The van der Waals surface area contributed by atoms with Crippen molar-refractivity contribution < 1.29 is 19.1 Å². The highest BCUT2D eigenvalue weighted by atomic mass is 32.1. The molecule has 4 aromatic rings. The van der Waals surface area contributed by atoms with Gasteiger partial charge in [0.25, 0.3) is 5.91 Å². The number of nitrogens with one attached hydrogen (secondary N) is 2. The SMILES string of the molecule is Cc1cc(-c2ccnc(Nc3cnn(C[C@@H]4CN(C(=O)OC(C)(C)C)CCO4)c3)n2)ccc1CNC(=O)c1cnc(C(C)(C)C)s1. The molecule has 0 aliphatic carbocycles. The smallest absolute Gasteiger partial charge is 0.410 e. The van der Waals surface area contributed by atoms with Gasteiger partial charge in [-0.05, 0) is 51.0 Å². The van der Waals surface area contributed by atoms with Crippen molar-refractivity contribution in [3.63, 3.8) is 0 Å². The fourth-order valence-electron chi connectivity index (χ4n) is 4.81. The zero-order valence-electron chi connectivity index (χ0n) is 27.5. The summed E-state index contributed by atoms with van der Waals surface area (Å²) in [7, 11) is 0. The molecule has 0 saturated carbocycles. The standard InChI is InChI=1S/C33H42N8O4S/c1-21-14-22(8-9-23(21)15-35-28(42)27-17-36-29(46-27)32(2,3)4)26-10-11-34-30(39-26)38-24-16-37-41(18-24)20-25-19-40(12-13-44-25)31(43)45-33(5,6)7/h8-11,14,16-18,25H,12-13,15,19-20H2,1-7H3,(H,35,42)(H,34,38,39)/t25-/m0/s1. The number of nitrogens with zero attached hydrogens (tertiary/aromatic N) is 6. The molecule has 13 heteroatoms. The number of morpholine rings is 1. The van der Waals surface area contributed by atoms with Gasteiger partial charge in [0.15, 0.2) is 0 Å². The van der Waals surface area contributed by atoms with E-state index >= 15 is 0 Å². The van der Waals surface area contributed by atoms with Crippen LogP contribution in [0.4, 0.5) is 16.4 Å². The second kappa shape index (κ2) is 13.6. The first-order chi connectivity index (χ1) is 21.7. The summed E-state index contributed by atoms with van der Waals surface area (Å²) in [6, 6.07) is 7.92. The molecule has 1 fully saturated rings. The van der Waals surface area contributed by atoms with E-state index in [9.17, 15) is 9.59 Å². The number of aryl methyl sites for hydroxylation is 1. The monoisotopic (exact) mass is 646 g/mol. The van der Waals surface area contributed by atoms with Crippen LogP contribution >= 0.6 is 11.3 Å². The van der Waals surface area contributed by atoms with E-state index in [1.165, 1.54) is 11.3 Å². The normalized spacial score (nSPS) is 15.5. The lowest BCUT2D eigenvalue weighted by molar-refractivity contribution is -0.0483. The van der Waals surface area contributed by atoms with Gasteiger partial charge in [0.1, 0.15) is 10.5 Å². The number of carbonyl (C=O) groups excluding carboxylic acids is 2. The zero-order chi connectivity index (χ0) is 33.1. The number of aromatic nitrogens is 5. The number of benzene rings is 1. The third-order valence-corrected chi connectivity index (χ3v) is 8.60. The molecule has 0 spiro atoms. The van der Waals surface area contributed by atoms with E-state index in [1.807, 2.05) is 52.1 Å². The van der Waals surface area contributed by atoms with Crippen LogP contribution in [-0.2, 0) is 28.0 Å². The number of thiazole rings is 1. The van der Waals surface area contributed by atoms with E-state index in [1.54, 1.807) is 28.2 Å². The molecule has 244 valence electrons. The van der Waals surface area contributed by atoms with E-state index in [4.69, 9.17) is 14.5 Å². The van der Waals surface area contributed by atoms with Crippen LogP contribution in [0.3, 0.4) is 0 Å². The van der Waals surface area contributed by atoms with Gasteiger partial charge in [-0.2, -0.15) is 5.10 Å². The van der Waals surface area contributed by atoms with E-state index in [-0.39, 0.29) is 23.5 Å². The molecule has 4 heterocycles. The minimum atomic E-state index is -0.548. The highest BCUT2D eigenvalue weighted by Gasteiger charge is 2.28. The fraction of sp³-hybridized carbons (Fsp3) is 0.455. The highest BCUT2D eigenvalue weighted by Crippen LogP contribution is 2.27. The van der Waals surface area contributed by atoms with E-state index in [0.717, 1.165) is 33.1 Å². The van der Waals surface area contributed by atoms with Gasteiger partial charge in [-0.15, -0.1) is 11.3 Å². The molecule has 5 rings (SSSR count). The first-order valence-corrected chi connectivity index (χ1v) is 16.1. The van der Waals surface area contributed by atoms with Crippen LogP contribution in [0.2, 0.25) is 0 Å². The maximum atomic E-state index is 12.7. The lowest BCUT2D eigenvalue weighted by atomic mass is 9.98. The van der Waals surface area contributed by atoms with Gasteiger partial charge in [0, 0.05) is 36.5 Å². The Bertz CT molecular complexity index is 1690. The van der Waals surface area contributed by atoms with Crippen molar-refractivity contribution in [2.24, 2.45) is 0 Å². The van der Waals surface area contributed by atoms with Crippen LogP contribution in [0.25, 0.3) is 11.3 Å². The molecular weight excluding hydrogens is 604 g/mol. The van der Waals surface area contributed by atoms with Crippen LogP contribution in [0.1, 0.15) is 67.3 Å². The Morgan fingerprint density at radius 3 is 2.63 bits per heavy atom. The number of amides is 2. The molecule has 46 heavy (non-hydrogen) atoms. The Balaban J connectivity index is 1.17. The Morgan fingerprint density at radius 2 is 1.91 bits per heavy atom. The third kappa shape index (κ3) is 8.67. The number of hydrogen-bond acceptors (Lipinski definition) is 10. The Morgan fingerprint density at radius 1 is 1.11 bits per heavy atom. The summed E-state index contributed by atoms with van der Waals surface area (Å²) in [4.78, 5) is 41.0. The maximum absolute atomic E-state index is 12.7. The molecule has 3 aromatic heterocycles. The van der Waals surface area contributed by atoms with Gasteiger partial charge < -0.3 is 25.0 Å². The predicted molar refractivity (Wildman–Crippen MR) is 177 cm³/mol. The molecule has 1 aromatic carbocycles. The molecule has 0 radical (unpaired) electrons. The molecular formula is C33H42N8O4S. The molecule has 0 unspecified atom stereocenters. The van der Waals surface area contributed by atoms with Crippen LogP contribution in [0.5, 0.6) is 0 Å². The summed E-state index contributed by atoms with van der Waals surface area (Å²) in [6.45, 7) is 16.1. The summed E-state index contributed by atoms with van der Waals surface area (Å²) < 4.78 is 13.2. The quantitative estimate of drug-likeness (QED) is 0.247. The highest BCUT2D eigenvalue weighted by molar-refractivity contribution is 7.13. The molecule has 0 bridgehead atoms. The van der Waals surface area contributed by atoms with E-state index in [0.29, 0.717) is 43.6 Å². The van der Waals surface area contributed by atoms with Gasteiger partial charge in [0.05, 0.1) is 54.6 Å². The van der Waals surface area contributed by atoms with Crippen molar-refractivity contribution in [3.8, 4) is 11.3 Å². The lowest BCUT2D eigenvalue weighted by Crippen LogP contribution is -2.48. The van der Waals surface area contributed by atoms with Gasteiger partial charge in [-0.3, -0.25) is 9.48 Å². The van der Waals surface area contributed by atoms with Crippen molar-refractivity contribution in [2.45, 2.75) is 78.7 Å². The summed E-state index contributed by atoms with van der Waals surface area (Å²) >= 11 is 1.43. The number of carbonyl (C=O) groups is 2. The molecule has 12 nitrogen and oxygen atoms in total. The number of anilines is 2. The van der Waals surface area contributed by atoms with Crippen molar-refractivity contribution in [1.29, 1.82) is 0 Å². The minimum Gasteiger partial charge on any atom is -0.444 e. The first kappa shape index (κ1) is 33.0.